The van der Waals surface area contributed by atoms with Gasteiger partial charge in [-0.1, -0.05) is 19.3 Å². The summed E-state index contributed by atoms with van der Waals surface area (Å²) in [6, 6.07) is 0. The van der Waals surface area contributed by atoms with Crippen LogP contribution in [0.15, 0.2) is 0 Å². The Morgan fingerprint density at radius 1 is 1.11 bits per heavy atom. The molecule has 3 N–H and O–H groups in total. The first-order valence-corrected chi connectivity index (χ1v) is 7.68. The Bertz CT molecular complexity index is 325. The van der Waals surface area contributed by atoms with E-state index in [2.05, 4.69) is 5.32 Å². The highest BCUT2D eigenvalue weighted by molar-refractivity contribution is 5.77. The van der Waals surface area contributed by atoms with Crippen LogP contribution in [0, 0.1) is 11.3 Å². The van der Waals surface area contributed by atoms with Crippen molar-refractivity contribution in [3.63, 3.8) is 0 Å². The smallest absolute Gasteiger partial charge is 0.221 e. The number of rotatable bonds is 5. The first-order valence-electron chi connectivity index (χ1n) is 7.68. The molecule has 0 aromatic rings. The minimum Gasteiger partial charge on any atom is -0.355 e. The number of hydrogen-bond donors (Lipinski definition) is 2. The van der Waals surface area contributed by atoms with Gasteiger partial charge in [-0.25, -0.2) is 0 Å². The van der Waals surface area contributed by atoms with E-state index in [-0.39, 0.29) is 11.4 Å². The number of nitrogens with two attached hydrogens (primary N) is 1. The van der Waals surface area contributed by atoms with Crippen LogP contribution in [0.25, 0.3) is 0 Å². The third-order valence-electron chi connectivity index (χ3n) is 5.34. The molecule has 3 saturated carbocycles. The lowest BCUT2D eigenvalue weighted by Crippen LogP contribution is -2.46. The molecule has 0 unspecified atom stereocenters. The zero-order chi connectivity index (χ0) is 12.6. The molecule has 0 aromatic carbocycles. The summed E-state index contributed by atoms with van der Waals surface area (Å²) in [6.45, 7) is 0.909. The predicted molar refractivity (Wildman–Crippen MR) is 72.0 cm³/mol. The highest BCUT2D eigenvalue weighted by Crippen LogP contribution is 2.60. The molecule has 3 aliphatic carbocycles. The van der Waals surface area contributed by atoms with Gasteiger partial charge >= 0.3 is 0 Å². The molecule has 0 spiro atoms. The van der Waals surface area contributed by atoms with Crippen molar-refractivity contribution < 1.29 is 4.79 Å². The van der Waals surface area contributed by atoms with E-state index in [0.29, 0.717) is 11.8 Å². The van der Waals surface area contributed by atoms with Gasteiger partial charge in [-0.3, -0.25) is 4.79 Å². The van der Waals surface area contributed by atoms with E-state index >= 15 is 0 Å². The molecule has 18 heavy (non-hydrogen) atoms. The maximum absolute atomic E-state index is 12.0. The van der Waals surface area contributed by atoms with E-state index in [1.165, 1.54) is 44.9 Å². The third kappa shape index (κ3) is 2.71. The molecule has 0 saturated heterocycles. The molecule has 0 bridgehead atoms. The number of carbonyl (C=O) groups is 1. The maximum atomic E-state index is 12.0. The zero-order valence-corrected chi connectivity index (χ0v) is 11.3. The molecule has 102 valence electrons. The van der Waals surface area contributed by atoms with Gasteiger partial charge in [-0.05, 0) is 49.9 Å². The lowest BCUT2D eigenvalue weighted by Gasteiger charge is -2.33. The normalized spacial score (nSPS) is 28.7. The van der Waals surface area contributed by atoms with Crippen molar-refractivity contribution in [3.8, 4) is 0 Å². The van der Waals surface area contributed by atoms with Gasteiger partial charge in [-0.15, -0.1) is 0 Å². The maximum Gasteiger partial charge on any atom is 0.221 e. The van der Waals surface area contributed by atoms with Crippen molar-refractivity contribution in [2.75, 3.05) is 6.54 Å². The van der Waals surface area contributed by atoms with Crippen LogP contribution < -0.4 is 11.1 Å². The Morgan fingerprint density at radius 3 is 2.33 bits per heavy atom. The van der Waals surface area contributed by atoms with Crippen molar-refractivity contribution in [1.29, 1.82) is 0 Å². The van der Waals surface area contributed by atoms with E-state index in [1.54, 1.807) is 0 Å². The topological polar surface area (TPSA) is 55.1 Å². The molecule has 1 amide bonds. The number of amides is 1. The van der Waals surface area contributed by atoms with Crippen molar-refractivity contribution in [1.82, 2.24) is 5.32 Å². The molecule has 3 nitrogen and oxygen atoms in total. The van der Waals surface area contributed by atoms with Crippen molar-refractivity contribution in [2.45, 2.75) is 69.7 Å². The van der Waals surface area contributed by atoms with Crippen molar-refractivity contribution in [3.05, 3.63) is 0 Å². The Kier molecular flexibility index (Phi) is 3.13. The van der Waals surface area contributed by atoms with Gasteiger partial charge in [0.1, 0.15) is 0 Å². The molecule has 3 aliphatic rings. The molecule has 3 heteroatoms. The Morgan fingerprint density at radius 2 is 1.78 bits per heavy atom. The SMILES string of the molecule is NC1(CC(=O)NCC2(C3CC3)CC2)CCCCC1. The van der Waals surface area contributed by atoms with Gasteiger partial charge in [-0.2, -0.15) is 0 Å². The minimum atomic E-state index is -0.210. The van der Waals surface area contributed by atoms with Crippen LogP contribution in [0.4, 0.5) is 0 Å². The minimum absolute atomic E-state index is 0.186. The average molecular weight is 250 g/mol. The highest BCUT2D eigenvalue weighted by Gasteiger charge is 2.53. The first kappa shape index (κ1) is 12.5. The molecule has 3 fully saturated rings. The van der Waals surface area contributed by atoms with Crippen LogP contribution in [0.5, 0.6) is 0 Å². The zero-order valence-electron chi connectivity index (χ0n) is 11.3. The number of carbonyl (C=O) groups excluding carboxylic acids is 1. The summed E-state index contributed by atoms with van der Waals surface area (Å²) in [5.41, 5.74) is 6.62. The van der Waals surface area contributed by atoms with Gasteiger partial charge in [0, 0.05) is 18.5 Å². The van der Waals surface area contributed by atoms with Gasteiger partial charge in [0.2, 0.25) is 5.91 Å². The van der Waals surface area contributed by atoms with Crippen LogP contribution >= 0.6 is 0 Å². The van der Waals surface area contributed by atoms with E-state index in [1.807, 2.05) is 0 Å². The van der Waals surface area contributed by atoms with Crippen LogP contribution in [0.1, 0.15) is 64.2 Å². The summed E-state index contributed by atoms with van der Waals surface area (Å²) in [7, 11) is 0. The lowest BCUT2D eigenvalue weighted by atomic mass is 9.80. The lowest BCUT2D eigenvalue weighted by molar-refractivity contribution is -0.122. The van der Waals surface area contributed by atoms with Crippen LogP contribution in [-0.4, -0.2) is 18.0 Å². The van der Waals surface area contributed by atoms with Gasteiger partial charge in [0.25, 0.3) is 0 Å². The monoisotopic (exact) mass is 250 g/mol. The standard InChI is InChI=1S/C15H26N2O/c16-15(6-2-1-3-7-15)10-13(18)17-11-14(8-9-14)12-4-5-12/h12H,1-11,16H2,(H,17,18). The molecule has 0 atom stereocenters. The van der Waals surface area contributed by atoms with Gasteiger partial charge in [0.05, 0.1) is 0 Å². The predicted octanol–water partition coefficient (Wildman–Crippen LogP) is 2.34. The van der Waals surface area contributed by atoms with Crippen LogP contribution in [-0.2, 0) is 4.79 Å². The molecule has 3 rings (SSSR count). The fraction of sp³-hybridized carbons (Fsp3) is 0.933. The van der Waals surface area contributed by atoms with Crippen LogP contribution in [0.2, 0.25) is 0 Å². The molecule has 0 aliphatic heterocycles. The number of nitrogens with one attached hydrogen (secondary N) is 1. The fourth-order valence-electron chi connectivity index (χ4n) is 3.68. The largest absolute Gasteiger partial charge is 0.355 e. The van der Waals surface area contributed by atoms with Gasteiger partial charge in [0.15, 0.2) is 0 Å². The third-order valence-corrected chi connectivity index (χ3v) is 5.34. The second-order valence-corrected chi connectivity index (χ2v) is 7.01. The second kappa shape index (κ2) is 4.52. The summed E-state index contributed by atoms with van der Waals surface area (Å²) < 4.78 is 0. The van der Waals surface area contributed by atoms with E-state index in [9.17, 15) is 4.79 Å². The van der Waals surface area contributed by atoms with E-state index in [4.69, 9.17) is 5.73 Å². The molecular formula is C15H26N2O. The molecular weight excluding hydrogens is 224 g/mol. The summed E-state index contributed by atoms with van der Waals surface area (Å²) in [5, 5.41) is 3.16. The highest BCUT2D eigenvalue weighted by atomic mass is 16.1. The van der Waals surface area contributed by atoms with Crippen LogP contribution in [0.3, 0.4) is 0 Å². The molecule has 0 heterocycles. The Labute approximate surface area is 110 Å². The summed E-state index contributed by atoms with van der Waals surface area (Å²) >= 11 is 0. The first-order chi connectivity index (χ1) is 8.62. The Balaban J connectivity index is 1.44. The van der Waals surface area contributed by atoms with Crippen molar-refractivity contribution in [2.24, 2.45) is 17.1 Å². The summed E-state index contributed by atoms with van der Waals surface area (Å²) in [5.74, 6) is 1.10. The Hall–Kier alpha value is -0.570. The quantitative estimate of drug-likeness (QED) is 0.787. The molecule has 0 aromatic heterocycles. The van der Waals surface area contributed by atoms with E-state index in [0.717, 1.165) is 25.3 Å². The van der Waals surface area contributed by atoms with Crippen molar-refractivity contribution >= 4 is 5.91 Å². The molecule has 0 radical (unpaired) electrons. The van der Waals surface area contributed by atoms with Gasteiger partial charge < -0.3 is 11.1 Å². The average Bonchev–Trinajstić information content (AvgIpc) is 3.19. The summed E-state index contributed by atoms with van der Waals surface area (Å²) in [6.07, 6.45) is 11.7. The summed E-state index contributed by atoms with van der Waals surface area (Å²) in [4.78, 5) is 12.0. The van der Waals surface area contributed by atoms with E-state index < -0.39 is 0 Å². The fourth-order valence-corrected chi connectivity index (χ4v) is 3.68. The second-order valence-electron chi connectivity index (χ2n) is 7.01. The number of hydrogen-bond acceptors (Lipinski definition) is 2.